The van der Waals surface area contributed by atoms with E-state index in [9.17, 15) is 4.39 Å². The van der Waals surface area contributed by atoms with Gasteiger partial charge in [0, 0.05) is 19.3 Å². The summed E-state index contributed by atoms with van der Waals surface area (Å²) in [5.74, 6) is 0.221. The molecular weight excluding hydrogens is 245 g/mol. The number of aryl methyl sites for hydroxylation is 1. The number of aromatic nitrogens is 2. The first-order valence-corrected chi connectivity index (χ1v) is 6.28. The Bertz CT molecular complexity index is 553. The van der Waals surface area contributed by atoms with E-state index in [-0.39, 0.29) is 11.9 Å². The van der Waals surface area contributed by atoms with E-state index in [1.54, 1.807) is 12.3 Å². The van der Waals surface area contributed by atoms with Crippen LogP contribution in [-0.2, 0) is 7.05 Å². The van der Waals surface area contributed by atoms with Crippen LogP contribution >= 0.6 is 0 Å². The van der Waals surface area contributed by atoms with Crippen LogP contribution in [0.2, 0.25) is 0 Å². The predicted molar refractivity (Wildman–Crippen MR) is 72.8 cm³/mol. The number of nitrogens with one attached hydrogen (secondary N) is 1. The lowest BCUT2D eigenvalue weighted by molar-refractivity contribution is 0.339. The molecule has 1 N–H and O–H groups in total. The average molecular weight is 263 g/mol. The van der Waals surface area contributed by atoms with Gasteiger partial charge in [0.2, 0.25) is 0 Å². The molecule has 0 saturated carbocycles. The monoisotopic (exact) mass is 263 g/mol. The van der Waals surface area contributed by atoms with Crippen LogP contribution < -0.4 is 10.1 Å². The molecule has 5 heteroatoms. The summed E-state index contributed by atoms with van der Waals surface area (Å²) in [7, 11) is 1.89. The number of rotatable bonds is 5. The maximum absolute atomic E-state index is 13.2. The first kappa shape index (κ1) is 13.4. The van der Waals surface area contributed by atoms with Crippen LogP contribution in [0.25, 0.3) is 0 Å². The standard InChI is InChI=1S/C14H18FN3O/c1-4-19-14-9-11(15)5-6-12(14)17-10(2)13-7-8-16-18(13)3/h5-10,17H,4H2,1-3H3. The maximum Gasteiger partial charge on any atom is 0.145 e. The highest BCUT2D eigenvalue weighted by molar-refractivity contribution is 5.57. The van der Waals surface area contributed by atoms with E-state index in [1.807, 2.05) is 31.6 Å². The van der Waals surface area contributed by atoms with Crippen molar-refractivity contribution in [1.82, 2.24) is 9.78 Å². The van der Waals surface area contributed by atoms with Gasteiger partial charge in [0.1, 0.15) is 11.6 Å². The van der Waals surface area contributed by atoms with Crippen LogP contribution in [0.1, 0.15) is 25.6 Å². The minimum atomic E-state index is -0.304. The van der Waals surface area contributed by atoms with Gasteiger partial charge < -0.3 is 10.1 Å². The van der Waals surface area contributed by atoms with Gasteiger partial charge in [0.25, 0.3) is 0 Å². The third-order valence-corrected chi connectivity index (χ3v) is 2.92. The van der Waals surface area contributed by atoms with Crippen molar-refractivity contribution < 1.29 is 9.13 Å². The molecule has 2 rings (SSSR count). The van der Waals surface area contributed by atoms with Gasteiger partial charge in [-0.05, 0) is 32.0 Å². The van der Waals surface area contributed by atoms with Crippen molar-refractivity contribution in [2.75, 3.05) is 11.9 Å². The molecule has 102 valence electrons. The van der Waals surface area contributed by atoms with Gasteiger partial charge >= 0.3 is 0 Å². The number of hydrogen-bond donors (Lipinski definition) is 1. The van der Waals surface area contributed by atoms with Crippen LogP contribution in [0.15, 0.2) is 30.5 Å². The van der Waals surface area contributed by atoms with E-state index >= 15 is 0 Å². The fourth-order valence-electron chi connectivity index (χ4n) is 2.01. The van der Waals surface area contributed by atoms with Crippen molar-refractivity contribution in [3.63, 3.8) is 0 Å². The van der Waals surface area contributed by atoms with Crippen molar-refractivity contribution in [2.24, 2.45) is 7.05 Å². The summed E-state index contributed by atoms with van der Waals surface area (Å²) in [4.78, 5) is 0. The molecule has 19 heavy (non-hydrogen) atoms. The van der Waals surface area contributed by atoms with Crippen molar-refractivity contribution in [1.29, 1.82) is 0 Å². The molecule has 0 aliphatic carbocycles. The first-order chi connectivity index (χ1) is 9.11. The Morgan fingerprint density at radius 2 is 2.21 bits per heavy atom. The SMILES string of the molecule is CCOc1cc(F)ccc1NC(C)c1ccnn1C. The Morgan fingerprint density at radius 1 is 1.42 bits per heavy atom. The molecule has 4 nitrogen and oxygen atoms in total. The largest absolute Gasteiger partial charge is 0.492 e. The van der Waals surface area contributed by atoms with Crippen LogP contribution in [0.5, 0.6) is 5.75 Å². The minimum Gasteiger partial charge on any atom is -0.492 e. The lowest BCUT2D eigenvalue weighted by atomic mass is 10.2. The van der Waals surface area contributed by atoms with Gasteiger partial charge in [-0.2, -0.15) is 5.10 Å². The second-order valence-electron chi connectivity index (χ2n) is 4.32. The summed E-state index contributed by atoms with van der Waals surface area (Å²) in [5.41, 5.74) is 1.82. The molecule has 1 atom stereocenters. The Kier molecular flexibility index (Phi) is 4.04. The number of halogens is 1. The topological polar surface area (TPSA) is 39.1 Å². The zero-order valence-electron chi connectivity index (χ0n) is 11.4. The Morgan fingerprint density at radius 3 is 2.84 bits per heavy atom. The van der Waals surface area contributed by atoms with Crippen LogP contribution in [0.3, 0.4) is 0 Å². The molecule has 0 amide bonds. The maximum atomic E-state index is 13.2. The Labute approximate surface area is 112 Å². The summed E-state index contributed by atoms with van der Waals surface area (Å²) >= 11 is 0. The van der Waals surface area contributed by atoms with Crippen LogP contribution in [0, 0.1) is 5.82 Å². The summed E-state index contributed by atoms with van der Waals surface area (Å²) in [6.45, 7) is 4.40. The van der Waals surface area contributed by atoms with E-state index in [4.69, 9.17) is 4.74 Å². The van der Waals surface area contributed by atoms with Gasteiger partial charge in [0.15, 0.2) is 0 Å². The van der Waals surface area contributed by atoms with Crippen molar-refractivity contribution in [2.45, 2.75) is 19.9 Å². The van der Waals surface area contributed by atoms with Crippen molar-refractivity contribution in [3.05, 3.63) is 42.0 Å². The molecule has 0 aliphatic heterocycles. The summed E-state index contributed by atoms with van der Waals surface area (Å²) in [6.07, 6.45) is 1.75. The molecule has 0 aliphatic rings. The molecule has 0 radical (unpaired) electrons. The highest BCUT2D eigenvalue weighted by atomic mass is 19.1. The summed E-state index contributed by atoms with van der Waals surface area (Å²) in [6, 6.07) is 6.49. The van der Waals surface area contributed by atoms with Crippen molar-refractivity contribution >= 4 is 5.69 Å². The predicted octanol–water partition coefficient (Wildman–Crippen LogP) is 3.13. The third-order valence-electron chi connectivity index (χ3n) is 2.92. The number of anilines is 1. The molecule has 0 spiro atoms. The minimum absolute atomic E-state index is 0.0529. The first-order valence-electron chi connectivity index (χ1n) is 6.28. The Hall–Kier alpha value is -2.04. The molecule has 1 aromatic carbocycles. The van der Waals surface area contributed by atoms with Gasteiger partial charge in [0.05, 0.1) is 24.0 Å². The molecule has 1 unspecified atom stereocenters. The summed E-state index contributed by atoms with van der Waals surface area (Å²) in [5, 5.41) is 7.45. The van der Waals surface area contributed by atoms with E-state index in [0.29, 0.717) is 12.4 Å². The zero-order chi connectivity index (χ0) is 13.8. The number of hydrogen-bond acceptors (Lipinski definition) is 3. The highest BCUT2D eigenvalue weighted by Gasteiger charge is 2.12. The molecule has 0 bridgehead atoms. The van der Waals surface area contributed by atoms with Gasteiger partial charge in [-0.3, -0.25) is 4.68 Å². The van der Waals surface area contributed by atoms with Crippen molar-refractivity contribution in [3.8, 4) is 5.75 Å². The zero-order valence-corrected chi connectivity index (χ0v) is 11.4. The van der Waals surface area contributed by atoms with E-state index in [1.165, 1.54) is 12.1 Å². The Balaban J connectivity index is 2.21. The third kappa shape index (κ3) is 3.05. The molecule has 0 fully saturated rings. The van der Waals surface area contributed by atoms with Gasteiger partial charge in [-0.1, -0.05) is 0 Å². The van der Waals surface area contributed by atoms with E-state index in [2.05, 4.69) is 10.4 Å². The molecule has 0 saturated heterocycles. The van der Waals surface area contributed by atoms with Crippen LogP contribution in [-0.4, -0.2) is 16.4 Å². The van der Waals surface area contributed by atoms with Gasteiger partial charge in [-0.25, -0.2) is 4.39 Å². The number of ether oxygens (including phenoxy) is 1. The molecular formula is C14H18FN3O. The van der Waals surface area contributed by atoms with Crippen LogP contribution in [0.4, 0.5) is 10.1 Å². The summed E-state index contributed by atoms with van der Waals surface area (Å²) < 4.78 is 20.5. The fourth-order valence-corrected chi connectivity index (χ4v) is 2.01. The lowest BCUT2D eigenvalue weighted by Gasteiger charge is -2.18. The normalized spacial score (nSPS) is 12.2. The second kappa shape index (κ2) is 5.73. The average Bonchev–Trinajstić information content (AvgIpc) is 2.79. The molecule has 1 aromatic heterocycles. The quantitative estimate of drug-likeness (QED) is 0.900. The fraction of sp³-hybridized carbons (Fsp3) is 0.357. The highest BCUT2D eigenvalue weighted by Crippen LogP contribution is 2.29. The smallest absolute Gasteiger partial charge is 0.145 e. The number of nitrogens with zero attached hydrogens (tertiary/aromatic N) is 2. The van der Waals surface area contributed by atoms with E-state index in [0.717, 1.165) is 11.4 Å². The lowest BCUT2D eigenvalue weighted by Crippen LogP contribution is -2.12. The number of benzene rings is 1. The molecule has 1 heterocycles. The van der Waals surface area contributed by atoms with E-state index < -0.39 is 0 Å². The second-order valence-corrected chi connectivity index (χ2v) is 4.32. The van der Waals surface area contributed by atoms with Gasteiger partial charge in [-0.15, -0.1) is 0 Å². The molecule has 2 aromatic rings.